The van der Waals surface area contributed by atoms with Gasteiger partial charge in [0.15, 0.2) is 0 Å². The Morgan fingerprint density at radius 3 is 2.95 bits per heavy atom. The summed E-state index contributed by atoms with van der Waals surface area (Å²) in [4.78, 5) is 25.7. The highest BCUT2D eigenvalue weighted by atomic mass is 32.1. The lowest BCUT2D eigenvalue weighted by Gasteiger charge is -2.27. The molecule has 1 aromatic heterocycles. The molecule has 0 aliphatic carbocycles. The summed E-state index contributed by atoms with van der Waals surface area (Å²) in [6.45, 7) is 0.753. The molecule has 4 rings (SSSR count). The van der Waals surface area contributed by atoms with Gasteiger partial charge in [-0.2, -0.15) is 0 Å². The summed E-state index contributed by atoms with van der Waals surface area (Å²) in [6.07, 6.45) is 3.77. The summed E-state index contributed by atoms with van der Waals surface area (Å²) in [7, 11) is 0. The lowest BCUT2D eigenvalue weighted by molar-refractivity contribution is -0.117. The van der Waals surface area contributed by atoms with Crippen LogP contribution in [0.4, 0.5) is 11.4 Å². The van der Waals surface area contributed by atoms with Crippen LogP contribution < -0.4 is 10.2 Å². The van der Waals surface area contributed by atoms with Crippen molar-refractivity contribution >= 4 is 34.7 Å². The number of nitrogens with zero attached hydrogens (tertiary/aromatic N) is 2. The van der Waals surface area contributed by atoms with Gasteiger partial charge in [-0.3, -0.25) is 9.59 Å². The van der Waals surface area contributed by atoms with Crippen LogP contribution in [-0.4, -0.2) is 22.7 Å². The molecule has 5 nitrogen and oxygen atoms in total. The first-order valence-corrected chi connectivity index (χ1v) is 8.19. The fraction of sp³-hybridized carbons (Fsp3) is 0.312. The van der Waals surface area contributed by atoms with Crippen LogP contribution >= 0.6 is 11.5 Å². The van der Waals surface area contributed by atoms with E-state index in [1.807, 2.05) is 29.8 Å². The van der Waals surface area contributed by atoms with Crippen molar-refractivity contribution in [3.63, 3.8) is 0 Å². The van der Waals surface area contributed by atoms with Gasteiger partial charge in [0.25, 0.3) is 0 Å². The van der Waals surface area contributed by atoms with Crippen LogP contribution in [0.2, 0.25) is 0 Å². The number of nitrogens with one attached hydrogen (secondary N) is 1. The molecule has 22 heavy (non-hydrogen) atoms. The minimum atomic E-state index is 0.00796. The minimum absolute atomic E-state index is 0.00796. The van der Waals surface area contributed by atoms with Crippen molar-refractivity contribution in [2.45, 2.75) is 25.2 Å². The highest BCUT2D eigenvalue weighted by molar-refractivity contribution is 7.03. The monoisotopic (exact) mass is 313 g/mol. The molecular weight excluding hydrogens is 298 g/mol. The Bertz CT molecular complexity index is 742. The molecule has 1 saturated heterocycles. The van der Waals surface area contributed by atoms with Gasteiger partial charge in [-0.1, -0.05) is 6.07 Å². The van der Waals surface area contributed by atoms with Gasteiger partial charge in [0.2, 0.25) is 11.8 Å². The summed E-state index contributed by atoms with van der Waals surface area (Å²) >= 11 is 1.40. The summed E-state index contributed by atoms with van der Waals surface area (Å²) in [5.41, 5.74) is 3.84. The molecule has 2 aliphatic rings. The van der Waals surface area contributed by atoms with Crippen LogP contribution in [-0.2, 0) is 9.59 Å². The van der Waals surface area contributed by atoms with Crippen LogP contribution in [0.3, 0.4) is 0 Å². The number of amides is 2. The maximum atomic E-state index is 12.0. The topological polar surface area (TPSA) is 62.3 Å². The van der Waals surface area contributed by atoms with Crippen LogP contribution in [0.5, 0.6) is 0 Å². The second-order valence-electron chi connectivity index (χ2n) is 5.68. The molecule has 2 aliphatic heterocycles. The van der Waals surface area contributed by atoms with E-state index in [0.717, 1.165) is 35.5 Å². The molecule has 6 heteroatoms. The third-order valence-corrected chi connectivity index (χ3v) is 4.92. The Balaban J connectivity index is 1.74. The molecule has 1 atom stereocenters. The number of rotatable bonds is 2. The van der Waals surface area contributed by atoms with Crippen LogP contribution in [0.1, 0.15) is 36.3 Å². The van der Waals surface area contributed by atoms with E-state index >= 15 is 0 Å². The van der Waals surface area contributed by atoms with Gasteiger partial charge < -0.3 is 10.2 Å². The smallest absolute Gasteiger partial charge is 0.227 e. The number of aromatic nitrogens is 1. The second-order valence-corrected chi connectivity index (χ2v) is 6.34. The molecule has 2 aromatic rings. The van der Waals surface area contributed by atoms with Gasteiger partial charge in [0, 0.05) is 48.3 Å². The van der Waals surface area contributed by atoms with Crippen molar-refractivity contribution in [1.29, 1.82) is 0 Å². The number of benzene rings is 1. The molecule has 0 bridgehead atoms. The predicted molar refractivity (Wildman–Crippen MR) is 85.2 cm³/mol. The molecule has 0 spiro atoms. The third-order valence-electron chi connectivity index (χ3n) is 4.31. The quantitative estimate of drug-likeness (QED) is 0.927. The van der Waals surface area contributed by atoms with Crippen molar-refractivity contribution in [3.8, 4) is 0 Å². The van der Waals surface area contributed by atoms with Gasteiger partial charge in [-0.25, -0.2) is 4.37 Å². The second kappa shape index (κ2) is 5.21. The van der Waals surface area contributed by atoms with E-state index in [2.05, 4.69) is 9.69 Å². The predicted octanol–water partition coefficient (Wildman–Crippen LogP) is 2.74. The molecule has 3 heterocycles. The van der Waals surface area contributed by atoms with E-state index in [-0.39, 0.29) is 17.7 Å². The van der Waals surface area contributed by atoms with E-state index in [1.54, 1.807) is 4.90 Å². The molecule has 2 amide bonds. The summed E-state index contributed by atoms with van der Waals surface area (Å²) < 4.78 is 4.14. The number of carbonyl (C=O) groups is 2. The first-order valence-electron chi connectivity index (χ1n) is 7.36. The fourth-order valence-electron chi connectivity index (χ4n) is 3.22. The van der Waals surface area contributed by atoms with Gasteiger partial charge in [-0.15, -0.1) is 0 Å². The first kappa shape index (κ1) is 13.5. The lowest BCUT2D eigenvalue weighted by Crippen LogP contribution is -2.26. The zero-order valence-corrected chi connectivity index (χ0v) is 12.7. The third kappa shape index (κ3) is 2.20. The molecule has 1 fully saturated rings. The maximum absolute atomic E-state index is 12.0. The maximum Gasteiger partial charge on any atom is 0.227 e. The SMILES string of the molecule is O=C1CC(c2cnsc2)c2ccc(N3CCCC3=O)cc2N1. The largest absolute Gasteiger partial charge is 0.326 e. The van der Waals surface area contributed by atoms with Crippen molar-refractivity contribution in [3.05, 3.63) is 40.9 Å². The average molecular weight is 313 g/mol. The van der Waals surface area contributed by atoms with Gasteiger partial charge in [0.1, 0.15) is 0 Å². The lowest BCUT2D eigenvalue weighted by atomic mass is 9.86. The standard InChI is InChI=1S/C16H15N3O2S/c20-15-7-13(10-8-17-22-9-10)12-4-3-11(6-14(12)18-15)19-5-1-2-16(19)21/h3-4,6,8-9,13H,1-2,5,7H2,(H,18,20). The molecule has 1 unspecified atom stereocenters. The van der Waals surface area contributed by atoms with Gasteiger partial charge in [0.05, 0.1) is 0 Å². The van der Waals surface area contributed by atoms with E-state index < -0.39 is 0 Å². The molecule has 0 radical (unpaired) electrons. The summed E-state index contributed by atoms with van der Waals surface area (Å²) in [5.74, 6) is 0.208. The highest BCUT2D eigenvalue weighted by Gasteiger charge is 2.29. The Kier molecular flexibility index (Phi) is 3.18. The van der Waals surface area contributed by atoms with E-state index in [4.69, 9.17) is 0 Å². The Morgan fingerprint density at radius 2 is 2.23 bits per heavy atom. The molecule has 1 N–H and O–H groups in total. The van der Waals surface area contributed by atoms with E-state index in [0.29, 0.717) is 12.8 Å². The normalized spacial score (nSPS) is 20.9. The number of hydrogen-bond acceptors (Lipinski definition) is 4. The Hall–Kier alpha value is -2.21. The number of carbonyl (C=O) groups excluding carboxylic acids is 2. The van der Waals surface area contributed by atoms with E-state index in [1.165, 1.54) is 11.5 Å². The average Bonchev–Trinajstić information content (AvgIpc) is 3.17. The van der Waals surface area contributed by atoms with Gasteiger partial charge in [-0.05, 0) is 41.2 Å². The fourth-order valence-corrected chi connectivity index (χ4v) is 3.81. The molecular formula is C16H15N3O2S. The highest BCUT2D eigenvalue weighted by Crippen LogP contribution is 2.39. The van der Waals surface area contributed by atoms with Crippen molar-refractivity contribution in [2.24, 2.45) is 0 Å². The summed E-state index contributed by atoms with van der Waals surface area (Å²) in [5, 5.41) is 4.93. The number of fused-ring (bicyclic) bond motifs is 1. The van der Waals surface area contributed by atoms with Crippen LogP contribution in [0, 0.1) is 0 Å². The Morgan fingerprint density at radius 1 is 1.32 bits per heavy atom. The van der Waals surface area contributed by atoms with E-state index in [9.17, 15) is 9.59 Å². The molecule has 0 saturated carbocycles. The first-order chi connectivity index (χ1) is 10.7. The zero-order chi connectivity index (χ0) is 15.1. The van der Waals surface area contributed by atoms with Crippen LogP contribution in [0.25, 0.3) is 0 Å². The number of anilines is 2. The van der Waals surface area contributed by atoms with Crippen LogP contribution in [0.15, 0.2) is 29.8 Å². The molecule has 112 valence electrons. The zero-order valence-electron chi connectivity index (χ0n) is 11.9. The summed E-state index contributed by atoms with van der Waals surface area (Å²) in [6, 6.07) is 5.92. The van der Waals surface area contributed by atoms with Crippen molar-refractivity contribution in [2.75, 3.05) is 16.8 Å². The molecule has 1 aromatic carbocycles. The van der Waals surface area contributed by atoms with Crippen molar-refractivity contribution < 1.29 is 9.59 Å². The number of hydrogen-bond donors (Lipinski definition) is 1. The minimum Gasteiger partial charge on any atom is -0.326 e. The van der Waals surface area contributed by atoms with Gasteiger partial charge >= 0.3 is 0 Å². The Labute approximate surface area is 132 Å². The van der Waals surface area contributed by atoms with Crippen molar-refractivity contribution in [1.82, 2.24) is 4.37 Å².